The van der Waals surface area contributed by atoms with E-state index in [4.69, 9.17) is 0 Å². The zero-order valence-electron chi connectivity index (χ0n) is 16.0. The third-order valence-electron chi connectivity index (χ3n) is 5.89. The van der Waals surface area contributed by atoms with E-state index in [1.165, 1.54) is 12.1 Å². The van der Waals surface area contributed by atoms with E-state index in [0.717, 1.165) is 23.4 Å². The highest BCUT2D eigenvalue weighted by Crippen LogP contribution is 2.43. The predicted molar refractivity (Wildman–Crippen MR) is 103 cm³/mol. The first-order valence-corrected chi connectivity index (χ1v) is 9.51. The third-order valence-corrected chi connectivity index (χ3v) is 5.89. The molecule has 2 aliphatic rings. The largest absolute Gasteiger partial charge is 0.416 e. The van der Waals surface area contributed by atoms with Crippen LogP contribution < -0.4 is 4.90 Å². The first kappa shape index (κ1) is 19.5. The number of para-hydroxylation sites is 1. The number of hydrogen-bond acceptors (Lipinski definition) is 2. The fraction of sp³-hybridized carbons (Fsp3) is 0.364. The lowest BCUT2D eigenvalue weighted by Crippen LogP contribution is -2.34. The van der Waals surface area contributed by atoms with Crippen molar-refractivity contribution < 1.29 is 22.8 Å². The van der Waals surface area contributed by atoms with Gasteiger partial charge in [0.1, 0.15) is 0 Å². The van der Waals surface area contributed by atoms with E-state index in [-0.39, 0.29) is 16.9 Å². The summed E-state index contributed by atoms with van der Waals surface area (Å²) < 4.78 is 38.9. The molecular formula is C22H21F3N2O2. The summed E-state index contributed by atoms with van der Waals surface area (Å²) in [6.07, 6.45) is -3.49. The zero-order valence-corrected chi connectivity index (χ0v) is 16.0. The molecule has 1 unspecified atom stereocenters. The van der Waals surface area contributed by atoms with Gasteiger partial charge < -0.3 is 9.80 Å². The maximum Gasteiger partial charge on any atom is 0.416 e. The predicted octanol–water partition coefficient (Wildman–Crippen LogP) is 4.28. The van der Waals surface area contributed by atoms with Gasteiger partial charge >= 0.3 is 6.18 Å². The van der Waals surface area contributed by atoms with Crippen LogP contribution in [0.25, 0.3) is 0 Å². The molecule has 2 aromatic carbocycles. The van der Waals surface area contributed by atoms with Gasteiger partial charge in [-0.25, -0.2) is 0 Å². The van der Waals surface area contributed by atoms with Gasteiger partial charge in [-0.15, -0.1) is 0 Å². The Balaban J connectivity index is 1.52. The molecular weight excluding hydrogens is 381 g/mol. The van der Waals surface area contributed by atoms with Crippen molar-refractivity contribution >= 4 is 17.5 Å². The lowest BCUT2D eigenvalue weighted by atomic mass is 9.86. The van der Waals surface area contributed by atoms with Crippen molar-refractivity contribution in [2.75, 3.05) is 24.5 Å². The van der Waals surface area contributed by atoms with E-state index >= 15 is 0 Å². The van der Waals surface area contributed by atoms with Gasteiger partial charge in [0.15, 0.2) is 0 Å². The molecule has 0 aliphatic carbocycles. The molecule has 1 spiro atoms. The monoisotopic (exact) mass is 402 g/mol. The van der Waals surface area contributed by atoms with E-state index < -0.39 is 17.6 Å². The number of carbonyl (C=O) groups excluding carboxylic acids is 2. The summed E-state index contributed by atoms with van der Waals surface area (Å²) >= 11 is 0. The Hall–Kier alpha value is -2.83. The molecule has 29 heavy (non-hydrogen) atoms. The summed E-state index contributed by atoms with van der Waals surface area (Å²) in [6, 6.07) is 12.2. The van der Waals surface area contributed by atoms with E-state index in [2.05, 4.69) is 0 Å². The van der Waals surface area contributed by atoms with Gasteiger partial charge in [-0.1, -0.05) is 24.3 Å². The number of nitrogens with zero attached hydrogens (tertiary/aromatic N) is 2. The molecule has 2 aromatic rings. The molecule has 2 heterocycles. The Morgan fingerprint density at radius 1 is 1.07 bits per heavy atom. The quantitative estimate of drug-likeness (QED) is 0.752. The van der Waals surface area contributed by atoms with E-state index in [9.17, 15) is 22.8 Å². The Kier molecular flexibility index (Phi) is 4.63. The minimum absolute atomic E-state index is 0.0210. The summed E-state index contributed by atoms with van der Waals surface area (Å²) in [5.74, 6) is -0.401. The average molecular weight is 402 g/mol. The number of anilines is 1. The van der Waals surface area contributed by atoms with Crippen LogP contribution in [0, 0.1) is 12.3 Å². The number of aryl methyl sites for hydroxylation is 1. The Labute approximate surface area is 166 Å². The maximum atomic E-state index is 13.0. The van der Waals surface area contributed by atoms with Crippen LogP contribution in [0.15, 0.2) is 48.5 Å². The third kappa shape index (κ3) is 3.61. The SMILES string of the molecule is Cc1ccccc1N1CC2(CCN(C(=O)c3cccc(C(F)(F)F)c3)C2)CC1=O. The van der Waals surface area contributed by atoms with Crippen LogP contribution in [-0.2, 0) is 11.0 Å². The molecule has 2 fully saturated rings. The minimum atomic E-state index is -4.49. The fourth-order valence-corrected chi connectivity index (χ4v) is 4.37. The van der Waals surface area contributed by atoms with Gasteiger partial charge in [0.2, 0.25) is 5.91 Å². The van der Waals surface area contributed by atoms with Crippen molar-refractivity contribution in [3.8, 4) is 0 Å². The van der Waals surface area contributed by atoms with E-state index in [1.54, 1.807) is 9.80 Å². The van der Waals surface area contributed by atoms with Crippen molar-refractivity contribution in [2.45, 2.75) is 25.9 Å². The average Bonchev–Trinajstić information content (AvgIpc) is 3.24. The van der Waals surface area contributed by atoms with E-state index in [1.807, 2.05) is 31.2 Å². The van der Waals surface area contributed by atoms with Crippen LogP contribution in [0.1, 0.15) is 34.3 Å². The van der Waals surface area contributed by atoms with Crippen LogP contribution >= 0.6 is 0 Å². The molecule has 152 valence electrons. The van der Waals surface area contributed by atoms with Crippen molar-refractivity contribution in [1.82, 2.24) is 4.90 Å². The van der Waals surface area contributed by atoms with Gasteiger partial charge in [-0.05, 0) is 43.2 Å². The Bertz CT molecular complexity index is 973. The van der Waals surface area contributed by atoms with Crippen molar-refractivity contribution in [3.63, 3.8) is 0 Å². The van der Waals surface area contributed by atoms with Crippen LogP contribution in [0.3, 0.4) is 0 Å². The molecule has 0 aromatic heterocycles. The molecule has 4 nitrogen and oxygen atoms in total. The van der Waals surface area contributed by atoms with Crippen LogP contribution in [0.5, 0.6) is 0 Å². The topological polar surface area (TPSA) is 40.6 Å². The first-order valence-electron chi connectivity index (χ1n) is 9.51. The molecule has 0 bridgehead atoms. The number of likely N-dealkylation sites (tertiary alicyclic amines) is 1. The number of alkyl halides is 3. The first-order chi connectivity index (χ1) is 13.7. The van der Waals surface area contributed by atoms with E-state index in [0.29, 0.717) is 32.5 Å². The van der Waals surface area contributed by atoms with Gasteiger partial charge in [0.05, 0.1) is 5.56 Å². The molecule has 7 heteroatoms. The van der Waals surface area contributed by atoms with Gasteiger partial charge in [0, 0.05) is 42.7 Å². The Morgan fingerprint density at radius 3 is 2.55 bits per heavy atom. The number of amides is 2. The van der Waals surface area contributed by atoms with Crippen molar-refractivity contribution in [2.24, 2.45) is 5.41 Å². The second-order valence-electron chi connectivity index (χ2n) is 8.00. The highest BCUT2D eigenvalue weighted by Gasteiger charge is 2.49. The summed E-state index contributed by atoms with van der Waals surface area (Å²) in [7, 11) is 0. The lowest BCUT2D eigenvalue weighted by Gasteiger charge is -2.25. The molecule has 2 aliphatic heterocycles. The summed E-state index contributed by atoms with van der Waals surface area (Å²) in [5.41, 5.74) is 0.720. The zero-order chi connectivity index (χ0) is 20.8. The minimum Gasteiger partial charge on any atom is -0.338 e. The smallest absolute Gasteiger partial charge is 0.338 e. The molecule has 2 amide bonds. The van der Waals surface area contributed by atoms with Crippen LogP contribution in [0.2, 0.25) is 0 Å². The number of halogens is 3. The molecule has 0 N–H and O–H groups in total. The maximum absolute atomic E-state index is 13.0. The Morgan fingerprint density at radius 2 is 1.83 bits per heavy atom. The second kappa shape index (κ2) is 6.90. The van der Waals surface area contributed by atoms with Crippen molar-refractivity contribution in [3.05, 3.63) is 65.2 Å². The normalized spacial score (nSPS) is 22.0. The van der Waals surface area contributed by atoms with Crippen LogP contribution in [0.4, 0.5) is 18.9 Å². The fourth-order valence-electron chi connectivity index (χ4n) is 4.37. The number of benzene rings is 2. The molecule has 1 atom stereocenters. The van der Waals surface area contributed by atoms with Gasteiger partial charge in [-0.2, -0.15) is 13.2 Å². The van der Waals surface area contributed by atoms with Gasteiger partial charge in [0.25, 0.3) is 5.91 Å². The highest BCUT2D eigenvalue weighted by molar-refractivity contribution is 5.98. The molecule has 4 rings (SSSR count). The summed E-state index contributed by atoms with van der Waals surface area (Å²) in [5, 5.41) is 0. The number of carbonyl (C=O) groups is 2. The van der Waals surface area contributed by atoms with Crippen LogP contribution in [-0.4, -0.2) is 36.3 Å². The standard InChI is InChI=1S/C22H21F3N2O2/c1-15-5-2-3-8-18(15)27-14-21(12-19(27)28)9-10-26(13-21)20(29)16-6-4-7-17(11-16)22(23,24)25/h2-8,11H,9-10,12-14H2,1H3. The molecule has 0 radical (unpaired) electrons. The molecule has 2 saturated heterocycles. The second-order valence-corrected chi connectivity index (χ2v) is 8.00. The number of rotatable bonds is 2. The van der Waals surface area contributed by atoms with Crippen molar-refractivity contribution in [1.29, 1.82) is 0 Å². The number of hydrogen-bond donors (Lipinski definition) is 0. The summed E-state index contributed by atoms with van der Waals surface area (Å²) in [4.78, 5) is 28.8. The van der Waals surface area contributed by atoms with Gasteiger partial charge in [-0.3, -0.25) is 9.59 Å². The summed E-state index contributed by atoms with van der Waals surface area (Å²) in [6.45, 7) is 3.27. The molecule has 0 saturated carbocycles. The highest BCUT2D eigenvalue weighted by atomic mass is 19.4. The lowest BCUT2D eigenvalue weighted by molar-refractivity contribution is -0.137.